The molecule has 0 aromatic heterocycles. The van der Waals surface area contributed by atoms with Crippen molar-refractivity contribution in [3.63, 3.8) is 0 Å². The molecule has 0 saturated heterocycles. The first-order valence-electron chi connectivity index (χ1n) is 15.2. The summed E-state index contributed by atoms with van der Waals surface area (Å²) >= 11 is 0. The fraction of sp³-hybridized carbons (Fsp3) is 0.0476. The monoisotopic (exact) mass is 573 g/mol. The zero-order chi connectivity index (χ0) is 30.4. The molecule has 0 saturated carbocycles. The number of benzene rings is 7. The minimum Gasteiger partial charge on any atom is -0.310 e. The van der Waals surface area contributed by atoms with Crippen molar-refractivity contribution in [2.24, 2.45) is 4.99 Å². The Morgan fingerprint density at radius 1 is 0.533 bits per heavy atom. The first-order chi connectivity index (χ1) is 22.1. The molecule has 9 aromatic carbocycles. The van der Waals surface area contributed by atoms with Gasteiger partial charge in [-0.1, -0.05) is 96.1 Å². The van der Waals surface area contributed by atoms with E-state index in [0.29, 0.717) is 5.56 Å². The van der Waals surface area contributed by atoms with Crippen LogP contribution in [0.15, 0.2) is 120 Å². The smallest absolute Gasteiger partial charge is 0.100 e. The van der Waals surface area contributed by atoms with Crippen LogP contribution in [-0.2, 0) is 0 Å². The van der Waals surface area contributed by atoms with Gasteiger partial charge in [0.25, 0.3) is 0 Å². The van der Waals surface area contributed by atoms with Crippen LogP contribution in [0.1, 0.15) is 16.7 Å². The molecule has 9 aromatic rings. The summed E-state index contributed by atoms with van der Waals surface area (Å²) in [4.78, 5) is 7.06. The Morgan fingerprint density at radius 2 is 1.02 bits per heavy atom. The normalized spacial score (nSPS) is 11.8. The van der Waals surface area contributed by atoms with Gasteiger partial charge in [-0.3, -0.25) is 4.99 Å². The molecule has 0 atom stereocenters. The van der Waals surface area contributed by atoms with Crippen LogP contribution in [0.2, 0.25) is 0 Å². The van der Waals surface area contributed by atoms with Gasteiger partial charge in [0.1, 0.15) is 6.07 Å². The third kappa shape index (κ3) is 3.37. The van der Waals surface area contributed by atoms with Gasteiger partial charge in [0, 0.05) is 38.3 Å². The molecule has 0 aliphatic rings. The zero-order valence-corrected chi connectivity index (χ0v) is 25.0. The molecule has 210 valence electrons. The quantitative estimate of drug-likeness (QED) is 0.196. The Kier molecular flexibility index (Phi) is 5.25. The van der Waals surface area contributed by atoms with Crippen LogP contribution in [-0.4, -0.2) is 6.72 Å². The first kappa shape index (κ1) is 25.5. The highest BCUT2D eigenvalue weighted by Crippen LogP contribution is 2.54. The van der Waals surface area contributed by atoms with E-state index in [1.807, 2.05) is 0 Å². The van der Waals surface area contributed by atoms with Crippen molar-refractivity contribution in [1.29, 1.82) is 5.26 Å². The molecular formula is C42H27N3. The number of nitrogens with zero attached hydrogens (tertiary/aromatic N) is 3. The van der Waals surface area contributed by atoms with Crippen molar-refractivity contribution < 1.29 is 0 Å². The van der Waals surface area contributed by atoms with E-state index >= 15 is 0 Å². The van der Waals surface area contributed by atoms with Gasteiger partial charge in [-0.2, -0.15) is 5.26 Å². The van der Waals surface area contributed by atoms with E-state index in [1.54, 1.807) is 0 Å². The molecule has 0 N–H and O–H groups in total. The van der Waals surface area contributed by atoms with Gasteiger partial charge in [0.2, 0.25) is 0 Å². The summed E-state index contributed by atoms with van der Waals surface area (Å²) in [5, 5.41) is 23.8. The van der Waals surface area contributed by atoms with Crippen LogP contribution in [0, 0.1) is 25.2 Å². The maximum Gasteiger partial charge on any atom is 0.100 e. The maximum atomic E-state index is 10.9. The molecule has 3 nitrogen and oxygen atoms in total. The number of aliphatic imine (C=N–C) groups is 1. The van der Waals surface area contributed by atoms with Crippen LogP contribution >= 0.6 is 0 Å². The van der Waals surface area contributed by atoms with Crippen molar-refractivity contribution in [3.8, 4) is 6.07 Å². The van der Waals surface area contributed by atoms with E-state index in [0.717, 1.165) is 76.6 Å². The van der Waals surface area contributed by atoms with Crippen LogP contribution in [0.5, 0.6) is 0 Å². The van der Waals surface area contributed by atoms with Gasteiger partial charge in [0.15, 0.2) is 0 Å². The standard InChI is InChI=1S/C42H27N3/c1-24-13-17-27(18-14-24)45(28-19-15-25(2)16-20-28)35-22-21-33-37-29(35)9-6-12-32(37)39-34(23-43)38-30-10-4-7-26-8-5-11-31(36(26)30)40(38)42(44-3)41(33)39/h4-22H,3H2,1-2H3. The second-order valence-electron chi connectivity index (χ2n) is 12.1. The van der Waals surface area contributed by atoms with Gasteiger partial charge in [-0.15, -0.1) is 0 Å². The highest BCUT2D eigenvalue weighted by molar-refractivity contribution is 6.44. The molecule has 0 radical (unpaired) electrons. The van der Waals surface area contributed by atoms with E-state index < -0.39 is 0 Å². The predicted octanol–water partition coefficient (Wildman–Crippen LogP) is 11.8. The van der Waals surface area contributed by atoms with Crippen molar-refractivity contribution in [3.05, 3.63) is 132 Å². The molecule has 0 aliphatic carbocycles. The summed E-state index contributed by atoms with van der Waals surface area (Å²) in [6, 6.07) is 43.7. The Labute approximate surface area is 260 Å². The van der Waals surface area contributed by atoms with Gasteiger partial charge in [0.05, 0.1) is 16.9 Å². The summed E-state index contributed by atoms with van der Waals surface area (Å²) in [6.45, 7) is 8.32. The Balaban J connectivity index is 1.46. The highest BCUT2D eigenvalue weighted by atomic mass is 15.1. The van der Waals surface area contributed by atoms with E-state index in [9.17, 15) is 5.26 Å². The second-order valence-corrected chi connectivity index (χ2v) is 12.1. The number of nitriles is 1. The van der Waals surface area contributed by atoms with Gasteiger partial charge >= 0.3 is 0 Å². The summed E-state index contributed by atoms with van der Waals surface area (Å²) in [5.74, 6) is 0. The third-order valence-electron chi connectivity index (χ3n) is 9.57. The molecule has 0 amide bonds. The second kappa shape index (κ2) is 9.26. The van der Waals surface area contributed by atoms with Crippen LogP contribution < -0.4 is 4.90 Å². The average Bonchev–Trinajstić information content (AvgIpc) is 3.59. The summed E-state index contributed by atoms with van der Waals surface area (Å²) in [6.07, 6.45) is 0. The zero-order valence-electron chi connectivity index (χ0n) is 25.0. The Bertz CT molecular complexity index is 2630. The van der Waals surface area contributed by atoms with Crippen LogP contribution in [0.3, 0.4) is 0 Å². The molecule has 0 fully saturated rings. The highest BCUT2D eigenvalue weighted by Gasteiger charge is 2.27. The maximum absolute atomic E-state index is 10.9. The summed E-state index contributed by atoms with van der Waals surface area (Å²) in [7, 11) is 0. The summed E-state index contributed by atoms with van der Waals surface area (Å²) < 4.78 is 0. The number of rotatable bonds is 4. The summed E-state index contributed by atoms with van der Waals surface area (Å²) in [5.41, 5.74) is 7.27. The van der Waals surface area contributed by atoms with E-state index in [-0.39, 0.29) is 0 Å². The van der Waals surface area contributed by atoms with E-state index in [1.165, 1.54) is 21.9 Å². The molecule has 0 bridgehead atoms. The van der Waals surface area contributed by atoms with Gasteiger partial charge in [-0.25, -0.2) is 0 Å². The molecule has 9 rings (SSSR count). The third-order valence-corrected chi connectivity index (χ3v) is 9.57. The van der Waals surface area contributed by atoms with Gasteiger partial charge < -0.3 is 4.90 Å². The number of hydrogen-bond acceptors (Lipinski definition) is 3. The largest absolute Gasteiger partial charge is 0.310 e. The molecule has 0 heterocycles. The van der Waals surface area contributed by atoms with Gasteiger partial charge in [-0.05, 0) is 88.6 Å². The predicted molar refractivity (Wildman–Crippen MR) is 192 cm³/mol. The van der Waals surface area contributed by atoms with E-state index in [4.69, 9.17) is 4.99 Å². The Hall–Kier alpha value is -5.98. The number of hydrogen-bond donors (Lipinski definition) is 0. The molecule has 45 heavy (non-hydrogen) atoms. The lowest BCUT2D eigenvalue weighted by Gasteiger charge is -2.27. The fourth-order valence-corrected chi connectivity index (χ4v) is 7.65. The number of fused-ring (bicyclic) bond motifs is 6. The lowest BCUT2D eigenvalue weighted by molar-refractivity contribution is 1.28. The topological polar surface area (TPSA) is 39.4 Å². The Morgan fingerprint density at radius 3 is 1.58 bits per heavy atom. The molecule has 0 unspecified atom stereocenters. The average molecular weight is 574 g/mol. The van der Waals surface area contributed by atoms with Crippen molar-refractivity contribution in [1.82, 2.24) is 0 Å². The number of anilines is 3. The molecule has 0 spiro atoms. The van der Waals surface area contributed by atoms with Crippen molar-refractivity contribution in [2.45, 2.75) is 13.8 Å². The minimum absolute atomic E-state index is 0.704. The van der Waals surface area contributed by atoms with Crippen LogP contribution in [0.25, 0.3) is 64.6 Å². The van der Waals surface area contributed by atoms with E-state index in [2.05, 4.69) is 147 Å². The lowest BCUT2D eigenvalue weighted by atomic mass is 9.97. The SMILES string of the molecule is C=Nc1c2c3cccc4cccc(c2c(C#N)c2c5cccc6c(N(c7ccc(C)cc7)c7ccc(C)cc7)ccc(c12)c65)c43. The molecule has 0 aliphatic heterocycles. The van der Waals surface area contributed by atoms with Crippen molar-refractivity contribution in [2.75, 3.05) is 4.90 Å². The lowest BCUT2D eigenvalue weighted by Crippen LogP contribution is -2.10. The fourth-order valence-electron chi connectivity index (χ4n) is 7.65. The first-order valence-corrected chi connectivity index (χ1v) is 15.2. The number of aryl methyl sites for hydroxylation is 2. The van der Waals surface area contributed by atoms with Crippen LogP contribution in [0.4, 0.5) is 22.7 Å². The minimum atomic E-state index is 0.704. The molecular weight excluding hydrogens is 546 g/mol. The molecule has 3 heteroatoms. The van der Waals surface area contributed by atoms with Crippen molar-refractivity contribution >= 4 is 94.1 Å².